The second-order valence-corrected chi connectivity index (χ2v) is 9.50. The molecule has 0 heterocycles. The van der Waals surface area contributed by atoms with Gasteiger partial charge in [0, 0.05) is 11.4 Å². The molecule has 0 atom stereocenters. The number of benzene rings is 2. The molecule has 1 fully saturated rings. The molecule has 0 saturated heterocycles. The van der Waals surface area contributed by atoms with E-state index in [4.69, 9.17) is 0 Å². The lowest BCUT2D eigenvalue weighted by Gasteiger charge is -2.27. The Morgan fingerprint density at radius 2 is 1.15 bits per heavy atom. The summed E-state index contributed by atoms with van der Waals surface area (Å²) >= 11 is 3.36. The molecule has 4 nitrogen and oxygen atoms in total. The van der Waals surface area contributed by atoms with Gasteiger partial charge in [-0.1, -0.05) is 49.2 Å². The molecule has 2 amide bonds. The Hall–Kier alpha value is -1.92. The summed E-state index contributed by atoms with van der Waals surface area (Å²) in [5, 5.41) is 5.86. The molecular formula is C21H24N2O2S2. The molecule has 0 aromatic heterocycles. The molecule has 27 heavy (non-hydrogen) atoms. The molecule has 142 valence electrons. The van der Waals surface area contributed by atoms with Crippen LogP contribution in [0.4, 0.5) is 11.4 Å². The number of carbonyl (C=O) groups excluding carboxylic acids is 2. The summed E-state index contributed by atoms with van der Waals surface area (Å²) in [7, 11) is 0. The van der Waals surface area contributed by atoms with E-state index in [2.05, 4.69) is 10.6 Å². The van der Waals surface area contributed by atoms with E-state index in [0.29, 0.717) is 11.5 Å². The van der Waals surface area contributed by atoms with E-state index in [1.807, 2.05) is 60.7 Å². The van der Waals surface area contributed by atoms with Crippen LogP contribution in [-0.4, -0.2) is 27.4 Å². The number of hydrogen-bond acceptors (Lipinski definition) is 4. The summed E-state index contributed by atoms with van der Waals surface area (Å²) in [6, 6.07) is 19.0. The Kier molecular flexibility index (Phi) is 7.24. The molecule has 0 radical (unpaired) electrons. The van der Waals surface area contributed by atoms with Gasteiger partial charge in [-0.25, -0.2) is 0 Å². The lowest BCUT2D eigenvalue weighted by Crippen LogP contribution is -2.24. The summed E-state index contributed by atoms with van der Waals surface area (Å²) in [5.41, 5.74) is 1.64. The van der Waals surface area contributed by atoms with E-state index in [-0.39, 0.29) is 15.9 Å². The van der Waals surface area contributed by atoms with Crippen LogP contribution >= 0.6 is 23.5 Å². The van der Waals surface area contributed by atoms with Crippen LogP contribution in [0.1, 0.15) is 25.7 Å². The van der Waals surface area contributed by atoms with Crippen LogP contribution in [0.3, 0.4) is 0 Å². The molecule has 2 N–H and O–H groups in total. The van der Waals surface area contributed by atoms with Crippen molar-refractivity contribution in [2.24, 2.45) is 0 Å². The predicted molar refractivity (Wildman–Crippen MR) is 116 cm³/mol. The number of amides is 2. The number of para-hydroxylation sites is 2. The van der Waals surface area contributed by atoms with E-state index in [0.717, 1.165) is 37.1 Å². The third-order valence-electron chi connectivity index (χ3n) is 4.41. The predicted octanol–water partition coefficient (Wildman–Crippen LogP) is 5.00. The molecule has 1 aliphatic carbocycles. The van der Waals surface area contributed by atoms with E-state index in [1.54, 1.807) is 23.5 Å². The number of anilines is 2. The minimum absolute atomic E-state index is 0.00631. The zero-order chi connectivity index (χ0) is 19.0. The first-order valence-electron chi connectivity index (χ1n) is 9.13. The minimum atomic E-state index is -0.0396. The van der Waals surface area contributed by atoms with Crippen molar-refractivity contribution in [3.05, 3.63) is 60.7 Å². The Morgan fingerprint density at radius 3 is 1.56 bits per heavy atom. The van der Waals surface area contributed by atoms with Gasteiger partial charge in [0.15, 0.2) is 0 Å². The molecule has 3 rings (SSSR count). The van der Waals surface area contributed by atoms with Gasteiger partial charge in [0.2, 0.25) is 11.8 Å². The second kappa shape index (κ2) is 9.85. The standard InChI is InChI=1S/C21H24N2O2S2/c24-19(22-17-9-3-1-4-10-17)15-26-21(13-7-8-14-21)27-16-20(25)23-18-11-5-2-6-12-18/h1-6,9-12H,7-8,13-16H2,(H,22,24)(H,23,25). The highest BCUT2D eigenvalue weighted by Gasteiger charge is 2.36. The molecule has 1 aliphatic rings. The topological polar surface area (TPSA) is 58.2 Å². The van der Waals surface area contributed by atoms with Gasteiger partial charge in [-0.3, -0.25) is 9.59 Å². The van der Waals surface area contributed by atoms with Crippen LogP contribution in [0.15, 0.2) is 60.7 Å². The van der Waals surface area contributed by atoms with Gasteiger partial charge in [0.25, 0.3) is 0 Å². The van der Waals surface area contributed by atoms with Gasteiger partial charge in [0.05, 0.1) is 15.6 Å². The molecular weight excluding hydrogens is 376 g/mol. The maximum absolute atomic E-state index is 12.3. The van der Waals surface area contributed by atoms with E-state index in [9.17, 15) is 9.59 Å². The maximum Gasteiger partial charge on any atom is 0.234 e. The highest BCUT2D eigenvalue weighted by atomic mass is 32.2. The van der Waals surface area contributed by atoms with Crippen molar-refractivity contribution in [3.8, 4) is 0 Å². The Balaban J connectivity index is 1.48. The average Bonchev–Trinajstić information content (AvgIpc) is 3.16. The van der Waals surface area contributed by atoms with Crippen molar-refractivity contribution in [1.82, 2.24) is 0 Å². The molecule has 2 aromatic carbocycles. The summed E-state index contributed by atoms with van der Waals surface area (Å²) in [6.07, 6.45) is 4.39. The second-order valence-electron chi connectivity index (χ2n) is 6.52. The molecule has 1 saturated carbocycles. The fourth-order valence-electron chi connectivity index (χ4n) is 3.08. The van der Waals surface area contributed by atoms with Gasteiger partial charge in [-0.2, -0.15) is 0 Å². The molecule has 0 bridgehead atoms. The highest BCUT2D eigenvalue weighted by Crippen LogP contribution is 2.49. The first-order valence-corrected chi connectivity index (χ1v) is 11.1. The summed E-state index contributed by atoms with van der Waals surface area (Å²) in [6.45, 7) is 0. The highest BCUT2D eigenvalue weighted by molar-refractivity contribution is 8.18. The number of hydrogen-bond donors (Lipinski definition) is 2. The van der Waals surface area contributed by atoms with Crippen molar-refractivity contribution in [1.29, 1.82) is 0 Å². The van der Waals surface area contributed by atoms with Gasteiger partial charge in [-0.05, 0) is 37.1 Å². The van der Waals surface area contributed by atoms with Gasteiger partial charge in [0.1, 0.15) is 0 Å². The van der Waals surface area contributed by atoms with E-state index >= 15 is 0 Å². The van der Waals surface area contributed by atoms with E-state index in [1.165, 1.54) is 0 Å². The molecule has 0 unspecified atom stereocenters. The van der Waals surface area contributed by atoms with Crippen LogP contribution in [0.2, 0.25) is 0 Å². The molecule has 2 aromatic rings. The van der Waals surface area contributed by atoms with Crippen LogP contribution < -0.4 is 10.6 Å². The third-order valence-corrected chi connectivity index (χ3v) is 7.80. The van der Waals surface area contributed by atoms with Crippen LogP contribution in [-0.2, 0) is 9.59 Å². The first-order chi connectivity index (χ1) is 13.2. The maximum atomic E-state index is 12.3. The van der Waals surface area contributed by atoms with Crippen LogP contribution in [0, 0.1) is 0 Å². The van der Waals surface area contributed by atoms with Gasteiger partial charge >= 0.3 is 0 Å². The minimum Gasteiger partial charge on any atom is -0.325 e. The number of rotatable bonds is 8. The van der Waals surface area contributed by atoms with Crippen molar-refractivity contribution < 1.29 is 9.59 Å². The zero-order valence-corrected chi connectivity index (χ0v) is 16.8. The number of nitrogens with one attached hydrogen (secondary N) is 2. The summed E-state index contributed by atoms with van der Waals surface area (Å²) in [5.74, 6) is 0.823. The SMILES string of the molecule is O=C(CSC1(SCC(=O)Nc2ccccc2)CCCC1)Nc1ccccc1. The van der Waals surface area contributed by atoms with Gasteiger partial charge in [-0.15, -0.1) is 23.5 Å². The monoisotopic (exact) mass is 400 g/mol. The number of carbonyl (C=O) groups is 2. The smallest absolute Gasteiger partial charge is 0.234 e. The molecule has 0 spiro atoms. The summed E-state index contributed by atoms with van der Waals surface area (Å²) in [4.78, 5) is 24.5. The largest absolute Gasteiger partial charge is 0.325 e. The molecule has 0 aliphatic heterocycles. The fraction of sp³-hybridized carbons (Fsp3) is 0.333. The quantitative estimate of drug-likeness (QED) is 0.612. The van der Waals surface area contributed by atoms with Gasteiger partial charge < -0.3 is 10.6 Å². The van der Waals surface area contributed by atoms with Crippen molar-refractivity contribution in [2.75, 3.05) is 22.1 Å². The fourth-order valence-corrected chi connectivity index (χ4v) is 5.85. The lowest BCUT2D eigenvalue weighted by molar-refractivity contribution is -0.114. The molecule has 6 heteroatoms. The normalized spacial score (nSPS) is 15.3. The van der Waals surface area contributed by atoms with Crippen molar-refractivity contribution in [3.63, 3.8) is 0 Å². The van der Waals surface area contributed by atoms with Crippen LogP contribution in [0.5, 0.6) is 0 Å². The van der Waals surface area contributed by atoms with Crippen molar-refractivity contribution in [2.45, 2.75) is 29.8 Å². The Morgan fingerprint density at radius 1 is 0.741 bits per heavy atom. The van der Waals surface area contributed by atoms with Crippen LogP contribution in [0.25, 0.3) is 0 Å². The Bertz CT molecular complexity index is 688. The zero-order valence-electron chi connectivity index (χ0n) is 15.1. The van der Waals surface area contributed by atoms with E-state index < -0.39 is 0 Å². The lowest BCUT2D eigenvalue weighted by atomic mass is 10.3. The van der Waals surface area contributed by atoms with Crippen molar-refractivity contribution >= 4 is 46.7 Å². The average molecular weight is 401 g/mol. The number of thioether (sulfide) groups is 2. The third kappa shape index (κ3) is 6.33. The Labute approximate surface area is 168 Å². The summed E-state index contributed by atoms with van der Waals surface area (Å²) < 4.78 is -0.0396. The first kappa shape index (κ1) is 19.8.